The van der Waals surface area contributed by atoms with Gasteiger partial charge < -0.3 is 4.74 Å². The average Bonchev–Trinajstić information content (AvgIpc) is 2.25. The lowest BCUT2D eigenvalue weighted by molar-refractivity contribution is -0.149. The molecule has 0 aromatic heterocycles. The summed E-state index contributed by atoms with van der Waals surface area (Å²) >= 11 is 0. The minimum atomic E-state index is -0.486. The van der Waals surface area contributed by atoms with Gasteiger partial charge in [-0.25, -0.2) is 4.79 Å². The number of benzene rings is 1. The monoisotopic (exact) mass is 230 g/mol. The molecule has 0 atom stereocenters. The molecule has 0 fully saturated rings. The van der Waals surface area contributed by atoms with Crippen LogP contribution < -0.4 is 0 Å². The molecule has 0 aliphatic heterocycles. The molecular formula is C15H18O2. The van der Waals surface area contributed by atoms with Gasteiger partial charge in [-0.1, -0.05) is 43.0 Å². The summed E-state index contributed by atoms with van der Waals surface area (Å²) in [6.45, 7) is 9.19. The number of hydrogen-bond donors (Lipinski definition) is 0. The van der Waals surface area contributed by atoms with Gasteiger partial charge in [0.25, 0.3) is 0 Å². The molecule has 0 aliphatic rings. The van der Waals surface area contributed by atoms with Gasteiger partial charge in [-0.15, -0.1) is 0 Å². The number of hydrogen-bond acceptors (Lipinski definition) is 2. The predicted octanol–water partition coefficient (Wildman–Crippen LogP) is 3.60. The van der Waals surface area contributed by atoms with E-state index in [1.165, 1.54) is 0 Å². The van der Waals surface area contributed by atoms with Crippen LogP contribution in [0, 0.1) is 0 Å². The molecular weight excluding hydrogens is 212 g/mol. The van der Waals surface area contributed by atoms with Crippen molar-refractivity contribution in [3.05, 3.63) is 54.1 Å². The van der Waals surface area contributed by atoms with Gasteiger partial charge in [-0.2, -0.15) is 0 Å². The van der Waals surface area contributed by atoms with Crippen molar-refractivity contribution in [2.75, 3.05) is 0 Å². The Morgan fingerprint density at radius 1 is 1.24 bits per heavy atom. The van der Waals surface area contributed by atoms with Gasteiger partial charge in [0.2, 0.25) is 0 Å². The minimum absolute atomic E-state index is 0.351. The van der Waals surface area contributed by atoms with Gasteiger partial charge in [0.15, 0.2) is 0 Å². The molecule has 0 unspecified atom stereocenters. The Morgan fingerprint density at radius 3 is 2.35 bits per heavy atom. The second-order valence-electron chi connectivity index (χ2n) is 4.77. The normalized spacial score (nSPS) is 11.5. The van der Waals surface area contributed by atoms with Crippen molar-refractivity contribution < 1.29 is 9.53 Å². The highest BCUT2D eigenvalue weighted by Gasteiger charge is 2.16. The first-order valence-corrected chi connectivity index (χ1v) is 5.54. The van der Waals surface area contributed by atoms with Gasteiger partial charge in [0.1, 0.15) is 5.60 Å². The van der Waals surface area contributed by atoms with E-state index in [0.717, 1.165) is 5.56 Å². The van der Waals surface area contributed by atoms with E-state index in [1.807, 2.05) is 57.2 Å². The molecule has 0 N–H and O–H groups in total. The summed E-state index contributed by atoms with van der Waals surface area (Å²) < 4.78 is 5.20. The summed E-state index contributed by atoms with van der Waals surface area (Å²) in [5, 5.41) is 0. The third kappa shape index (κ3) is 5.16. The van der Waals surface area contributed by atoms with Crippen molar-refractivity contribution >= 4 is 12.0 Å². The molecule has 0 aliphatic carbocycles. The molecule has 17 heavy (non-hydrogen) atoms. The lowest BCUT2D eigenvalue weighted by Crippen LogP contribution is -2.24. The Hall–Kier alpha value is -1.83. The van der Waals surface area contributed by atoms with Crippen LogP contribution in [0.5, 0.6) is 0 Å². The van der Waals surface area contributed by atoms with Crippen molar-refractivity contribution in [1.82, 2.24) is 0 Å². The molecule has 0 radical (unpaired) electrons. The number of ether oxygens (including phenoxy) is 1. The van der Waals surface area contributed by atoms with Crippen molar-refractivity contribution in [2.24, 2.45) is 0 Å². The van der Waals surface area contributed by atoms with E-state index in [9.17, 15) is 4.79 Å². The van der Waals surface area contributed by atoms with E-state index in [4.69, 9.17) is 4.74 Å². The number of rotatable bonds is 3. The minimum Gasteiger partial charge on any atom is -0.456 e. The standard InChI is InChI=1S/C15H18O2/c1-12(14(16)17-15(2,3)4)10-11-13-8-6-5-7-9-13/h5-11H,1H2,2-4H3. The van der Waals surface area contributed by atoms with E-state index < -0.39 is 5.60 Å². The topological polar surface area (TPSA) is 26.3 Å². The SMILES string of the molecule is C=C(C=Cc1ccccc1)C(=O)OC(C)(C)C. The van der Waals surface area contributed by atoms with E-state index in [1.54, 1.807) is 6.08 Å². The Kier molecular flexibility index (Phi) is 4.27. The van der Waals surface area contributed by atoms with Crippen LogP contribution in [0.25, 0.3) is 6.08 Å². The molecule has 1 rings (SSSR count). The Labute approximate surface area is 103 Å². The van der Waals surface area contributed by atoms with Crippen LogP contribution in [0.3, 0.4) is 0 Å². The van der Waals surface area contributed by atoms with Crippen molar-refractivity contribution in [2.45, 2.75) is 26.4 Å². The zero-order valence-corrected chi connectivity index (χ0v) is 10.6. The lowest BCUT2D eigenvalue weighted by atomic mass is 10.1. The number of carbonyl (C=O) groups is 1. The van der Waals surface area contributed by atoms with Gasteiger partial charge in [-0.3, -0.25) is 0 Å². The smallest absolute Gasteiger partial charge is 0.338 e. The molecule has 0 bridgehead atoms. The van der Waals surface area contributed by atoms with Crippen LogP contribution in [0.4, 0.5) is 0 Å². The van der Waals surface area contributed by atoms with Crippen molar-refractivity contribution in [3.8, 4) is 0 Å². The predicted molar refractivity (Wildman–Crippen MR) is 70.5 cm³/mol. The average molecular weight is 230 g/mol. The molecule has 90 valence electrons. The fourth-order valence-electron chi connectivity index (χ4n) is 1.17. The van der Waals surface area contributed by atoms with E-state index in [-0.39, 0.29) is 5.97 Å². The molecule has 2 heteroatoms. The van der Waals surface area contributed by atoms with Gasteiger partial charge in [-0.05, 0) is 32.4 Å². The summed E-state index contributed by atoms with van der Waals surface area (Å²) in [6.07, 6.45) is 3.51. The van der Waals surface area contributed by atoms with E-state index in [2.05, 4.69) is 6.58 Å². The van der Waals surface area contributed by atoms with Crippen LogP contribution in [0.1, 0.15) is 26.3 Å². The highest BCUT2D eigenvalue weighted by Crippen LogP contribution is 2.11. The summed E-state index contributed by atoms with van der Waals surface area (Å²) in [6, 6.07) is 9.74. The Morgan fingerprint density at radius 2 is 1.82 bits per heavy atom. The van der Waals surface area contributed by atoms with Crippen LogP contribution in [0.2, 0.25) is 0 Å². The Balaban J connectivity index is 2.61. The van der Waals surface area contributed by atoms with Crippen LogP contribution >= 0.6 is 0 Å². The molecule has 0 spiro atoms. The fourth-order valence-corrected chi connectivity index (χ4v) is 1.17. The molecule has 1 aromatic carbocycles. The van der Waals surface area contributed by atoms with Crippen LogP contribution in [0.15, 0.2) is 48.6 Å². The quantitative estimate of drug-likeness (QED) is 0.450. The number of esters is 1. The summed E-state index contributed by atoms with van der Waals surface area (Å²) in [5.41, 5.74) is 0.890. The second kappa shape index (κ2) is 5.48. The first-order valence-electron chi connectivity index (χ1n) is 5.54. The first-order chi connectivity index (χ1) is 7.88. The molecule has 0 heterocycles. The summed E-state index contributed by atoms with van der Waals surface area (Å²) in [4.78, 5) is 11.6. The number of carbonyl (C=O) groups excluding carboxylic acids is 1. The van der Waals surface area contributed by atoms with Crippen molar-refractivity contribution in [3.63, 3.8) is 0 Å². The molecule has 0 saturated carbocycles. The molecule has 2 nitrogen and oxygen atoms in total. The Bertz CT molecular complexity index is 422. The summed E-state index contributed by atoms with van der Waals surface area (Å²) in [7, 11) is 0. The lowest BCUT2D eigenvalue weighted by Gasteiger charge is -2.19. The van der Waals surface area contributed by atoms with E-state index >= 15 is 0 Å². The fraction of sp³-hybridized carbons (Fsp3) is 0.267. The second-order valence-corrected chi connectivity index (χ2v) is 4.77. The highest BCUT2D eigenvalue weighted by molar-refractivity contribution is 5.92. The molecule has 1 aromatic rings. The van der Waals surface area contributed by atoms with Gasteiger partial charge in [0.05, 0.1) is 5.57 Å². The molecule has 0 saturated heterocycles. The van der Waals surface area contributed by atoms with Gasteiger partial charge in [0, 0.05) is 0 Å². The van der Waals surface area contributed by atoms with E-state index in [0.29, 0.717) is 5.57 Å². The molecule has 0 amide bonds. The maximum absolute atomic E-state index is 11.6. The van der Waals surface area contributed by atoms with Crippen LogP contribution in [-0.4, -0.2) is 11.6 Å². The van der Waals surface area contributed by atoms with Crippen LogP contribution in [-0.2, 0) is 9.53 Å². The van der Waals surface area contributed by atoms with Crippen molar-refractivity contribution in [1.29, 1.82) is 0 Å². The third-order valence-corrected chi connectivity index (χ3v) is 1.94. The largest absolute Gasteiger partial charge is 0.456 e. The zero-order chi connectivity index (χ0) is 12.9. The highest BCUT2D eigenvalue weighted by atomic mass is 16.6. The first kappa shape index (κ1) is 13.2. The van der Waals surface area contributed by atoms with Gasteiger partial charge >= 0.3 is 5.97 Å². The zero-order valence-electron chi connectivity index (χ0n) is 10.6. The third-order valence-electron chi connectivity index (χ3n) is 1.94. The maximum atomic E-state index is 11.6. The maximum Gasteiger partial charge on any atom is 0.338 e. The summed E-state index contributed by atoms with van der Waals surface area (Å²) in [5.74, 6) is -0.385.